The number of methoxy groups -OCH3 is 3. The molecule has 66 heavy (non-hydrogen) atoms. The number of ether oxygens (including phenoxy) is 4. The highest BCUT2D eigenvalue weighted by molar-refractivity contribution is 6.07. The Labute approximate surface area is 383 Å². The molecule has 9 rings (SSSR count). The van der Waals surface area contributed by atoms with Crippen molar-refractivity contribution in [3.05, 3.63) is 102 Å². The highest BCUT2D eigenvalue weighted by atomic mass is 16.6. The van der Waals surface area contributed by atoms with E-state index in [1.165, 1.54) is 14.2 Å². The van der Waals surface area contributed by atoms with Crippen molar-refractivity contribution in [1.29, 1.82) is 0 Å². The van der Waals surface area contributed by atoms with Crippen LogP contribution in [0.2, 0.25) is 0 Å². The summed E-state index contributed by atoms with van der Waals surface area (Å²) < 4.78 is 22.0. The number of aliphatic hydroxyl groups excluding tert-OH is 1. The number of aliphatic hydroxyl groups is 1. The minimum atomic E-state index is -1.34. The molecule has 2 aromatic heterocycles. The normalized spacial score (nSPS) is 21.0. The van der Waals surface area contributed by atoms with Gasteiger partial charge >= 0.3 is 6.09 Å². The third-order valence-corrected chi connectivity index (χ3v) is 13.8. The first-order valence-corrected chi connectivity index (χ1v) is 22.8. The van der Waals surface area contributed by atoms with E-state index in [4.69, 9.17) is 28.9 Å². The van der Waals surface area contributed by atoms with Crippen LogP contribution in [0.4, 0.5) is 4.79 Å². The molecule has 2 fully saturated rings. The Morgan fingerprint density at radius 3 is 2.53 bits per heavy atom. The zero-order chi connectivity index (χ0) is 46.2. The second-order valence-corrected chi connectivity index (χ2v) is 17.8. The molecule has 5 N–H and O–H groups in total. The van der Waals surface area contributed by atoms with Crippen molar-refractivity contribution in [1.82, 2.24) is 40.4 Å². The summed E-state index contributed by atoms with van der Waals surface area (Å²) >= 11 is 0. The molecule has 346 valence electrons. The Kier molecular flexibility index (Phi) is 12.8. The van der Waals surface area contributed by atoms with Crippen LogP contribution < -0.4 is 15.4 Å². The molecule has 16 nitrogen and oxygen atoms in total. The monoisotopic (exact) mass is 898 g/mol. The number of aromatic amines is 2. The molecule has 4 aromatic carbocycles. The van der Waals surface area contributed by atoms with E-state index in [1.54, 1.807) is 7.11 Å². The molecule has 6 aromatic rings. The Balaban J connectivity index is 0.978. The van der Waals surface area contributed by atoms with Crippen molar-refractivity contribution in [2.24, 2.45) is 11.8 Å². The minimum Gasteiger partial charge on any atom is -0.488 e. The molecule has 0 aliphatic carbocycles. The molecule has 3 aliphatic heterocycles. The maximum atomic E-state index is 14.5. The number of hydrogen-bond acceptors (Lipinski definition) is 11. The molecule has 16 heteroatoms. The number of H-pyrrole nitrogens is 2. The summed E-state index contributed by atoms with van der Waals surface area (Å²) in [5.74, 6) is 1.81. The van der Waals surface area contributed by atoms with Crippen LogP contribution in [0.3, 0.4) is 0 Å². The lowest BCUT2D eigenvalue weighted by atomic mass is 9.92. The number of likely N-dealkylation sites (tertiary alicyclic amines) is 2. The fraction of sp³-hybridized carbons (Fsp3) is 0.420. The number of amides is 3. The smallest absolute Gasteiger partial charge is 0.407 e. The van der Waals surface area contributed by atoms with Gasteiger partial charge in [0.2, 0.25) is 18.2 Å². The molecule has 2 saturated heterocycles. The number of aromatic nitrogens is 4. The number of alkyl carbamates (subject to hydrolysis) is 1. The first-order chi connectivity index (χ1) is 32.0. The molecule has 0 spiro atoms. The van der Waals surface area contributed by atoms with Crippen molar-refractivity contribution in [3.8, 4) is 28.1 Å². The second-order valence-electron chi connectivity index (χ2n) is 17.8. The van der Waals surface area contributed by atoms with E-state index in [1.807, 2.05) is 73.2 Å². The summed E-state index contributed by atoms with van der Waals surface area (Å²) in [5.41, 5.74) is 7.23. The molecule has 5 heterocycles. The third kappa shape index (κ3) is 8.49. The first-order valence-electron chi connectivity index (χ1n) is 22.8. The lowest BCUT2D eigenvalue weighted by Gasteiger charge is -2.33. The van der Waals surface area contributed by atoms with Gasteiger partial charge in [0.25, 0.3) is 0 Å². The molecule has 0 radical (unpaired) electrons. The predicted octanol–water partition coefficient (Wildman–Crippen LogP) is 7.28. The number of imidazole rings is 2. The van der Waals surface area contributed by atoms with Crippen molar-refractivity contribution >= 4 is 39.7 Å². The van der Waals surface area contributed by atoms with Crippen molar-refractivity contribution < 1.29 is 38.4 Å². The SMILES string of the molecule is CC[C@H](C)[C@H](NC(=O)OC)C(=O)N1[C@@H](C)CC[C@H]1c1ncc(-c2ccc3c(c2)COc2cc4c(ccc5nc([C@@H]6C[C@H](COC)CN6C(=O)[C@H](NC(O)OC)c6ccccc6)[nH]c54)cc2-3)[nH]1. The topological polar surface area (TPSA) is 196 Å². The van der Waals surface area contributed by atoms with Crippen LogP contribution in [-0.2, 0) is 30.4 Å². The fourth-order valence-corrected chi connectivity index (χ4v) is 10.1. The number of nitrogens with one attached hydrogen (secondary N) is 4. The van der Waals surface area contributed by atoms with Crippen LogP contribution in [0, 0.1) is 11.8 Å². The zero-order valence-electron chi connectivity index (χ0n) is 38.2. The summed E-state index contributed by atoms with van der Waals surface area (Å²) in [7, 11) is 4.35. The molecule has 3 amide bonds. The summed E-state index contributed by atoms with van der Waals surface area (Å²) in [4.78, 5) is 61.5. The number of rotatable bonds is 14. The minimum absolute atomic E-state index is 0.0216. The lowest BCUT2D eigenvalue weighted by Crippen LogP contribution is -2.53. The number of fused-ring (bicyclic) bond motifs is 6. The van der Waals surface area contributed by atoms with Gasteiger partial charge in [-0.05, 0) is 84.0 Å². The highest BCUT2D eigenvalue weighted by Crippen LogP contribution is 2.44. The molecular weight excluding hydrogens is 841 g/mol. The average Bonchev–Trinajstić information content (AvgIpc) is 4.17. The van der Waals surface area contributed by atoms with E-state index in [0.717, 1.165) is 74.8 Å². The van der Waals surface area contributed by atoms with E-state index in [0.29, 0.717) is 43.4 Å². The number of carbonyl (C=O) groups is 3. The van der Waals surface area contributed by atoms with Gasteiger partial charge in [0.05, 0.1) is 48.7 Å². The summed E-state index contributed by atoms with van der Waals surface area (Å²) in [6, 6.07) is 21.7. The molecule has 8 atom stereocenters. The summed E-state index contributed by atoms with van der Waals surface area (Å²) in [6.07, 6.45) is 2.79. The molecule has 0 saturated carbocycles. The number of hydrogen-bond donors (Lipinski definition) is 5. The lowest BCUT2D eigenvalue weighted by molar-refractivity contribution is -0.143. The summed E-state index contributed by atoms with van der Waals surface area (Å²) in [6.45, 7) is 7.32. The molecule has 3 aliphatic rings. The van der Waals surface area contributed by atoms with Gasteiger partial charge < -0.3 is 49.1 Å². The van der Waals surface area contributed by atoms with Crippen LogP contribution in [-0.4, -0.2) is 106 Å². The van der Waals surface area contributed by atoms with E-state index >= 15 is 0 Å². The van der Waals surface area contributed by atoms with Crippen molar-refractivity contribution in [3.63, 3.8) is 0 Å². The molecule has 0 bridgehead atoms. The van der Waals surface area contributed by atoms with Crippen LogP contribution in [0.25, 0.3) is 44.2 Å². The van der Waals surface area contributed by atoms with Gasteiger partial charge in [-0.15, -0.1) is 0 Å². The maximum Gasteiger partial charge on any atom is 0.407 e. The van der Waals surface area contributed by atoms with Crippen LogP contribution in [0.15, 0.2) is 79.0 Å². The quantitative estimate of drug-likeness (QED) is 0.0690. The Morgan fingerprint density at radius 1 is 0.955 bits per heavy atom. The van der Waals surface area contributed by atoms with Gasteiger partial charge in [0.1, 0.15) is 36.1 Å². The number of carbonyl (C=O) groups excluding carboxylic acids is 3. The number of benzene rings is 4. The highest BCUT2D eigenvalue weighted by Gasteiger charge is 2.43. The van der Waals surface area contributed by atoms with E-state index in [2.05, 4.69) is 57.0 Å². The van der Waals surface area contributed by atoms with Gasteiger partial charge in [-0.2, -0.15) is 0 Å². The average molecular weight is 899 g/mol. The van der Waals surface area contributed by atoms with Crippen LogP contribution in [0.1, 0.15) is 87.4 Å². The number of nitrogens with zero attached hydrogens (tertiary/aromatic N) is 4. The Morgan fingerprint density at radius 2 is 1.77 bits per heavy atom. The third-order valence-electron chi connectivity index (χ3n) is 13.8. The van der Waals surface area contributed by atoms with Gasteiger partial charge in [-0.1, -0.05) is 68.8 Å². The van der Waals surface area contributed by atoms with Gasteiger partial charge in [0, 0.05) is 43.7 Å². The first kappa shape index (κ1) is 44.9. The summed E-state index contributed by atoms with van der Waals surface area (Å²) in [5, 5.41) is 18.1. The van der Waals surface area contributed by atoms with Crippen molar-refractivity contribution in [2.75, 3.05) is 34.5 Å². The van der Waals surface area contributed by atoms with Crippen LogP contribution in [0.5, 0.6) is 5.75 Å². The van der Waals surface area contributed by atoms with E-state index in [-0.39, 0.29) is 41.8 Å². The van der Waals surface area contributed by atoms with E-state index in [9.17, 15) is 19.5 Å². The van der Waals surface area contributed by atoms with Crippen molar-refractivity contribution in [2.45, 2.75) is 89.7 Å². The standard InChI is InChI=1S/C50H58N8O8/c1-7-27(2)42(55-49(61)64-5)48(60)58-28(3)13-18-39(58)45-51-23-38(53-45)32-14-16-34-33(20-32)26-66-41-22-35-31(21-36(34)41)15-17-37-44(35)54-46(52-37)40-19-29(25-63-4)24-57(40)47(59)43(56-50(62)65-6)30-11-9-8-10-12-30/h8-12,14-17,20-23,27-29,39-40,42-43,50,56,62H,7,13,18-19,24-26H2,1-6H3,(H,51,53)(H,52,54)(H,55,61)/t27-,28-,29-,39-,40-,42-,43+,50?/m0/s1. The molecule has 1 unspecified atom stereocenters. The Bertz CT molecular complexity index is 2740. The van der Waals surface area contributed by atoms with Crippen LogP contribution >= 0.6 is 0 Å². The van der Waals surface area contributed by atoms with Gasteiger partial charge in [-0.25, -0.2) is 14.8 Å². The van der Waals surface area contributed by atoms with Gasteiger partial charge in [0.15, 0.2) is 0 Å². The Hall–Kier alpha value is -6.33. The second kappa shape index (κ2) is 18.9. The fourth-order valence-electron chi connectivity index (χ4n) is 10.1. The zero-order valence-corrected chi connectivity index (χ0v) is 38.2. The predicted molar refractivity (Wildman–Crippen MR) is 248 cm³/mol. The maximum absolute atomic E-state index is 14.5. The van der Waals surface area contributed by atoms with Gasteiger partial charge in [-0.3, -0.25) is 14.9 Å². The molecular formula is C50H58N8O8. The van der Waals surface area contributed by atoms with E-state index < -0.39 is 24.6 Å². The largest absolute Gasteiger partial charge is 0.488 e.